The molecule has 0 unspecified atom stereocenters. The molecule has 1 aliphatic heterocycles. The van der Waals surface area contributed by atoms with E-state index < -0.39 is 21.7 Å². The van der Waals surface area contributed by atoms with Crippen LogP contribution in [0.5, 0.6) is 0 Å². The molecular weight excluding hydrogens is 424 g/mol. The molecule has 0 spiro atoms. The zero-order chi connectivity index (χ0) is 22.2. The third kappa shape index (κ3) is 4.53. The number of nitrogens with zero attached hydrogens (tertiary/aromatic N) is 3. The van der Waals surface area contributed by atoms with Crippen LogP contribution in [0.4, 0.5) is 8.78 Å². The maximum absolute atomic E-state index is 13.5. The van der Waals surface area contributed by atoms with E-state index in [1.165, 1.54) is 4.31 Å². The minimum absolute atomic E-state index is 0.241. The van der Waals surface area contributed by atoms with E-state index in [9.17, 15) is 17.2 Å². The number of hydrogen-bond donors (Lipinski definition) is 0. The van der Waals surface area contributed by atoms with Crippen LogP contribution in [0.3, 0.4) is 0 Å². The van der Waals surface area contributed by atoms with Crippen molar-refractivity contribution in [1.29, 1.82) is 0 Å². The molecule has 0 aliphatic carbocycles. The number of piperazine rings is 1. The van der Waals surface area contributed by atoms with Gasteiger partial charge in [0.1, 0.15) is 5.76 Å². The number of rotatable bonds is 5. The monoisotopic (exact) mass is 447 g/mol. The first-order chi connectivity index (χ1) is 14.7. The second kappa shape index (κ2) is 8.49. The van der Waals surface area contributed by atoms with Crippen molar-refractivity contribution in [3.8, 4) is 11.5 Å². The molecule has 4 rings (SSSR count). The molecule has 1 saturated heterocycles. The van der Waals surface area contributed by atoms with Gasteiger partial charge in [-0.05, 0) is 44.2 Å². The van der Waals surface area contributed by atoms with Crippen molar-refractivity contribution in [2.75, 3.05) is 26.2 Å². The zero-order valence-electron chi connectivity index (χ0n) is 17.3. The number of halogens is 2. The van der Waals surface area contributed by atoms with Crippen molar-refractivity contribution in [3.63, 3.8) is 0 Å². The van der Waals surface area contributed by atoms with Crippen molar-refractivity contribution in [2.24, 2.45) is 0 Å². The van der Waals surface area contributed by atoms with E-state index >= 15 is 0 Å². The number of aryl methyl sites for hydroxylation is 2. The number of sulfonamides is 1. The molecular formula is C22H23F2N3O3S. The first-order valence-corrected chi connectivity index (χ1v) is 11.4. The zero-order valence-corrected chi connectivity index (χ0v) is 18.1. The van der Waals surface area contributed by atoms with Gasteiger partial charge in [-0.25, -0.2) is 22.2 Å². The average molecular weight is 448 g/mol. The van der Waals surface area contributed by atoms with E-state index in [1.807, 2.05) is 38.1 Å². The summed E-state index contributed by atoms with van der Waals surface area (Å²) in [6.45, 7) is 5.92. The highest BCUT2D eigenvalue weighted by Gasteiger charge is 2.29. The van der Waals surface area contributed by atoms with Crippen LogP contribution in [0.25, 0.3) is 11.5 Å². The molecule has 2 heterocycles. The van der Waals surface area contributed by atoms with E-state index in [-0.39, 0.29) is 18.0 Å². The predicted octanol–water partition coefficient (Wildman–Crippen LogP) is 3.74. The molecule has 6 nitrogen and oxygen atoms in total. The van der Waals surface area contributed by atoms with Crippen LogP contribution in [0.15, 0.2) is 51.8 Å². The van der Waals surface area contributed by atoms with Gasteiger partial charge in [-0.3, -0.25) is 4.90 Å². The molecule has 0 atom stereocenters. The van der Waals surface area contributed by atoms with E-state index in [2.05, 4.69) is 9.88 Å². The molecule has 0 radical (unpaired) electrons. The molecule has 164 valence electrons. The fourth-order valence-electron chi connectivity index (χ4n) is 3.52. The van der Waals surface area contributed by atoms with E-state index in [0.29, 0.717) is 25.5 Å². The first-order valence-electron chi connectivity index (χ1n) is 9.95. The summed E-state index contributed by atoms with van der Waals surface area (Å²) in [5.41, 5.74) is 2.87. The molecule has 2 aromatic carbocycles. The number of aromatic nitrogens is 1. The van der Waals surface area contributed by atoms with Gasteiger partial charge in [0.15, 0.2) is 11.6 Å². The van der Waals surface area contributed by atoms with Crippen molar-refractivity contribution in [2.45, 2.75) is 25.3 Å². The predicted molar refractivity (Wildman–Crippen MR) is 112 cm³/mol. The lowest BCUT2D eigenvalue weighted by molar-refractivity contribution is 0.179. The molecule has 1 aromatic heterocycles. The normalized spacial score (nSPS) is 16.0. The molecule has 0 N–H and O–H groups in total. The molecule has 3 aromatic rings. The van der Waals surface area contributed by atoms with Gasteiger partial charge in [0.05, 0.1) is 10.6 Å². The quantitative estimate of drug-likeness (QED) is 0.596. The maximum Gasteiger partial charge on any atom is 0.243 e. The standard InChI is InChI=1S/C22H23F2N3O3S/c1-15-3-5-17(6-4-15)22-25-21(16(2)30-22)14-26-9-11-27(12-10-26)31(28,29)18-7-8-19(23)20(24)13-18/h3-8,13H,9-12,14H2,1-2H3. The summed E-state index contributed by atoms with van der Waals surface area (Å²) in [7, 11) is -3.88. The molecule has 0 amide bonds. The fraction of sp³-hybridized carbons (Fsp3) is 0.318. The van der Waals surface area contributed by atoms with Crippen LogP contribution >= 0.6 is 0 Å². The van der Waals surface area contributed by atoms with Gasteiger partial charge in [0, 0.05) is 38.3 Å². The van der Waals surface area contributed by atoms with Crippen molar-refractivity contribution < 1.29 is 21.6 Å². The highest BCUT2D eigenvalue weighted by atomic mass is 32.2. The van der Waals surface area contributed by atoms with Crippen LogP contribution in [0.1, 0.15) is 17.0 Å². The van der Waals surface area contributed by atoms with Crippen molar-refractivity contribution >= 4 is 10.0 Å². The molecule has 0 saturated carbocycles. The Balaban J connectivity index is 1.41. The Morgan fingerprint density at radius 3 is 2.29 bits per heavy atom. The van der Waals surface area contributed by atoms with Gasteiger partial charge >= 0.3 is 0 Å². The average Bonchev–Trinajstić information content (AvgIpc) is 3.11. The van der Waals surface area contributed by atoms with Crippen LogP contribution in [-0.4, -0.2) is 48.8 Å². The molecule has 1 aliphatic rings. The summed E-state index contributed by atoms with van der Waals surface area (Å²) in [6.07, 6.45) is 0. The summed E-state index contributed by atoms with van der Waals surface area (Å²) < 4.78 is 59.2. The smallest absolute Gasteiger partial charge is 0.243 e. The van der Waals surface area contributed by atoms with Gasteiger partial charge < -0.3 is 4.42 Å². The Kier molecular flexibility index (Phi) is 5.92. The lowest BCUT2D eigenvalue weighted by Crippen LogP contribution is -2.48. The lowest BCUT2D eigenvalue weighted by Gasteiger charge is -2.33. The Morgan fingerprint density at radius 1 is 0.968 bits per heavy atom. The van der Waals surface area contributed by atoms with Crippen LogP contribution in [-0.2, 0) is 16.6 Å². The largest absolute Gasteiger partial charge is 0.441 e. The molecule has 0 bridgehead atoms. The minimum Gasteiger partial charge on any atom is -0.441 e. The number of hydrogen-bond acceptors (Lipinski definition) is 5. The summed E-state index contributed by atoms with van der Waals surface area (Å²) in [5, 5.41) is 0. The van der Waals surface area contributed by atoms with Gasteiger partial charge in [0.2, 0.25) is 15.9 Å². The Hall–Kier alpha value is -2.62. The summed E-state index contributed by atoms with van der Waals surface area (Å²) >= 11 is 0. The highest BCUT2D eigenvalue weighted by Crippen LogP contribution is 2.24. The fourth-order valence-corrected chi connectivity index (χ4v) is 4.96. The van der Waals surface area contributed by atoms with E-state index in [0.717, 1.165) is 40.8 Å². The maximum atomic E-state index is 13.5. The Morgan fingerprint density at radius 2 is 1.65 bits per heavy atom. The van der Waals surface area contributed by atoms with E-state index in [4.69, 9.17) is 4.42 Å². The Bertz CT molecular complexity index is 1190. The summed E-state index contributed by atoms with van der Waals surface area (Å²) in [5.74, 6) is -0.957. The minimum atomic E-state index is -3.88. The van der Waals surface area contributed by atoms with Gasteiger partial charge in [-0.15, -0.1) is 0 Å². The third-order valence-corrected chi connectivity index (χ3v) is 7.32. The second-order valence-corrected chi connectivity index (χ2v) is 9.58. The summed E-state index contributed by atoms with van der Waals surface area (Å²) in [4.78, 5) is 6.48. The van der Waals surface area contributed by atoms with Gasteiger partial charge in [-0.1, -0.05) is 17.7 Å². The van der Waals surface area contributed by atoms with Gasteiger partial charge in [-0.2, -0.15) is 4.31 Å². The van der Waals surface area contributed by atoms with E-state index in [1.54, 1.807) is 0 Å². The SMILES string of the molecule is Cc1ccc(-c2nc(CN3CCN(S(=O)(=O)c4ccc(F)c(F)c4)CC3)c(C)o2)cc1. The Labute approximate surface area is 180 Å². The number of oxazole rings is 1. The molecule has 31 heavy (non-hydrogen) atoms. The topological polar surface area (TPSA) is 66.7 Å². The van der Waals surface area contributed by atoms with Crippen LogP contribution in [0, 0.1) is 25.5 Å². The lowest BCUT2D eigenvalue weighted by atomic mass is 10.1. The third-order valence-electron chi connectivity index (χ3n) is 5.42. The van der Waals surface area contributed by atoms with Crippen molar-refractivity contribution in [3.05, 3.63) is 71.1 Å². The number of benzene rings is 2. The van der Waals surface area contributed by atoms with Crippen molar-refractivity contribution in [1.82, 2.24) is 14.2 Å². The van der Waals surface area contributed by atoms with Crippen LogP contribution < -0.4 is 0 Å². The summed E-state index contributed by atoms with van der Waals surface area (Å²) in [6, 6.07) is 10.6. The van der Waals surface area contributed by atoms with Gasteiger partial charge in [0.25, 0.3) is 0 Å². The molecule has 9 heteroatoms. The first kappa shape index (κ1) is 21.6. The molecule has 1 fully saturated rings. The van der Waals surface area contributed by atoms with Crippen LogP contribution in [0.2, 0.25) is 0 Å². The second-order valence-electron chi connectivity index (χ2n) is 7.64. The highest BCUT2D eigenvalue weighted by molar-refractivity contribution is 7.89.